The van der Waals surface area contributed by atoms with Crippen molar-refractivity contribution in [2.45, 2.75) is 52.1 Å². The fraction of sp³-hybridized carbons (Fsp3) is 0.846. The number of piperidine rings is 1. The molecule has 0 spiro atoms. The summed E-state index contributed by atoms with van der Waals surface area (Å²) in [6, 6.07) is -0.561. The predicted molar refractivity (Wildman–Crippen MR) is 69.3 cm³/mol. The lowest BCUT2D eigenvalue weighted by molar-refractivity contribution is -0.154. The molecule has 3 atom stereocenters. The summed E-state index contributed by atoms with van der Waals surface area (Å²) in [5.41, 5.74) is 0. The monoisotopic (exact) mass is 256 g/mol. The maximum atomic E-state index is 12.2. The number of nitrogens with one attached hydrogen (secondary N) is 1. The van der Waals surface area contributed by atoms with Crippen LogP contribution in [0.1, 0.15) is 40.0 Å². The van der Waals surface area contributed by atoms with E-state index in [1.54, 1.807) is 4.90 Å². The van der Waals surface area contributed by atoms with E-state index in [4.69, 9.17) is 0 Å². The first-order chi connectivity index (χ1) is 8.47. The van der Waals surface area contributed by atoms with Crippen molar-refractivity contribution < 1.29 is 14.7 Å². The van der Waals surface area contributed by atoms with Crippen LogP contribution in [0, 0.1) is 5.92 Å². The Hall–Kier alpha value is -1.10. The first kappa shape index (κ1) is 15.0. The van der Waals surface area contributed by atoms with Crippen molar-refractivity contribution in [1.82, 2.24) is 10.2 Å². The van der Waals surface area contributed by atoms with Crippen LogP contribution in [0.25, 0.3) is 0 Å². The number of amides is 1. The summed E-state index contributed by atoms with van der Waals surface area (Å²) >= 11 is 0. The molecule has 0 aromatic carbocycles. The SMILES string of the molecule is CCNC(C)CC(=O)N1CCCC(C)C1C(=O)O. The largest absolute Gasteiger partial charge is 0.480 e. The molecule has 1 aliphatic rings. The third-order valence-electron chi connectivity index (χ3n) is 3.54. The lowest BCUT2D eigenvalue weighted by Crippen LogP contribution is -2.52. The molecule has 1 fully saturated rings. The number of rotatable bonds is 5. The van der Waals surface area contributed by atoms with Gasteiger partial charge >= 0.3 is 5.97 Å². The molecule has 104 valence electrons. The zero-order valence-corrected chi connectivity index (χ0v) is 11.5. The Morgan fingerprint density at radius 3 is 2.72 bits per heavy atom. The van der Waals surface area contributed by atoms with Crippen LogP contribution >= 0.6 is 0 Å². The fourth-order valence-corrected chi connectivity index (χ4v) is 2.64. The molecule has 0 aromatic heterocycles. The van der Waals surface area contributed by atoms with Gasteiger partial charge in [0.25, 0.3) is 0 Å². The van der Waals surface area contributed by atoms with Gasteiger partial charge in [0, 0.05) is 19.0 Å². The van der Waals surface area contributed by atoms with Gasteiger partial charge in [0.05, 0.1) is 0 Å². The van der Waals surface area contributed by atoms with Gasteiger partial charge in [-0.25, -0.2) is 4.79 Å². The van der Waals surface area contributed by atoms with Gasteiger partial charge < -0.3 is 15.3 Å². The molecular weight excluding hydrogens is 232 g/mol. The minimum absolute atomic E-state index is 0.0367. The lowest BCUT2D eigenvalue weighted by atomic mass is 9.90. The number of carbonyl (C=O) groups is 2. The van der Waals surface area contributed by atoms with E-state index in [1.807, 2.05) is 20.8 Å². The topological polar surface area (TPSA) is 69.6 Å². The maximum Gasteiger partial charge on any atom is 0.326 e. The molecule has 3 unspecified atom stereocenters. The van der Waals surface area contributed by atoms with Gasteiger partial charge in [0.15, 0.2) is 0 Å². The smallest absolute Gasteiger partial charge is 0.326 e. The first-order valence-corrected chi connectivity index (χ1v) is 6.73. The minimum Gasteiger partial charge on any atom is -0.480 e. The van der Waals surface area contributed by atoms with Crippen LogP contribution in [-0.2, 0) is 9.59 Å². The van der Waals surface area contributed by atoms with Crippen LogP contribution < -0.4 is 5.32 Å². The molecule has 0 aliphatic carbocycles. The van der Waals surface area contributed by atoms with Crippen molar-refractivity contribution in [3.63, 3.8) is 0 Å². The summed E-state index contributed by atoms with van der Waals surface area (Å²) in [6.45, 7) is 7.23. The Kier molecular flexibility index (Phi) is 5.59. The highest BCUT2D eigenvalue weighted by atomic mass is 16.4. The third-order valence-corrected chi connectivity index (χ3v) is 3.54. The van der Waals surface area contributed by atoms with Crippen molar-refractivity contribution in [1.29, 1.82) is 0 Å². The molecule has 1 rings (SSSR count). The van der Waals surface area contributed by atoms with E-state index >= 15 is 0 Å². The number of aliphatic carboxylic acids is 1. The van der Waals surface area contributed by atoms with Gasteiger partial charge in [-0.1, -0.05) is 13.8 Å². The predicted octanol–water partition coefficient (Wildman–Crippen LogP) is 1.09. The van der Waals surface area contributed by atoms with E-state index in [9.17, 15) is 14.7 Å². The molecule has 0 bridgehead atoms. The highest BCUT2D eigenvalue weighted by Crippen LogP contribution is 2.24. The van der Waals surface area contributed by atoms with Crippen LogP contribution in [-0.4, -0.2) is 47.1 Å². The quantitative estimate of drug-likeness (QED) is 0.772. The average molecular weight is 256 g/mol. The fourth-order valence-electron chi connectivity index (χ4n) is 2.64. The van der Waals surface area contributed by atoms with Crippen LogP contribution in [0.2, 0.25) is 0 Å². The van der Waals surface area contributed by atoms with Gasteiger partial charge in [-0.3, -0.25) is 4.79 Å². The molecule has 1 aliphatic heterocycles. The summed E-state index contributed by atoms with van der Waals surface area (Å²) < 4.78 is 0. The molecular formula is C13H24N2O3. The third kappa shape index (κ3) is 3.70. The zero-order chi connectivity index (χ0) is 13.7. The molecule has 0 saturated carbocycles. The first-order valence-electron chi connectivity index (χ1n) is 6.73. The molecule has 5 heteroatoms. The van der Waals surface area contributed by atoms with E-state index in [1.165, 1.54) is 0 Å². The van der Waals surface area contributed by atoms with Gasteiger partial charge in [0.2, 0.25) is 5.91 Å². The van der Waals surface area contributed by atoms with Crippen LogP contribution in [0.5, 0.6) is 0 Å². The maximum absolute atomic E-state index is 12.2. The zero-order valence-electron chi connectivity index (χ0n) is 11.5. The molecule has 0 radical (unpaired) electrons. The summed E-state index contributed by atoms with van der Waals surface area (Å²) in [6.07, 6.45) is 2.14. The normalized spacial score (nSPS) is 25.8. The molecule has 18 heavy (non-hydrogen) atoms. The Morgan fingerprint density at radius 2 is 2.17 bits per heavy atom. The van der Waals surface area contributed by atoms with E-state index < -0.39 is 12.0 Å². The number of hydrogen-bond donors (Lipinski definition) is 2. The molecule has 1 heterocycles. The summed E-state index contributed by atoms with van der Waals surface area (Å²) in [7, 11) is 0. The number of likely N-dealkylation sites (tertiary alicyclic amines) is 1. The molecule has 1 saturated heterocycles. The average Bonchev–Trinajstić information content (AvgIpc) is 2.28. The Bertz CT molecular complexity index is 307. The minimum atomic E-state index is -0.883. The number of carbonyl (C=O) groups excluding carboxylic acids is 1. The van der Waals surface area contributed by atoms with Crippen LogP contribution in [0.3, 0.4) is 0 Å². The number of carboxylic acids is 1. The second-order valence-electron chi connectivity index (χ2n) is 5.15. The van der Waals surface area contributed by atoms with Crippen molar-refractivity contribution >= 4 is 11.9 Å². The lowest BCUT2D eigenvalue weighted by Gasteiger charge is -2.37. The van der Waals surface area contributed by atoms with E-state index in [2.05, 4.69) is 5.32 Å². The van der Waals surface area contributed by atoms with Crippen LogP contribution in [0.4, 0.5) is 0 Å². The highest BCUT2D eigenvalue weighted by Gasteiger charge is 2.36. The molecule has 2 N–H and O–H groups in total. The Morgan fingerprint density at radius 1 is 1.50 bits per heavy atom. The van der Waals surface area contributed by atoms with E-state index in [-0.39, 0.29) is 17.9 Å². The summed E-state index contributed by atoms with van der Waals surface area (Å²) in [4.78, 5) is 25.0. The van der Waals surface area contributed by atoms with Crippen molar-refractivity contribution in [3.05, 3.63) is 0 Å². The van der Waals surface area contributed by atoms with Crippen molar-refractivity contribution in [2.24, 2.45) is 5.92 Å². The molecule has 5 nitrogen and oxygen atoms in total. The number of nitrogens with zero attached hydrogens (tertiary/aromatic N) is 1. The van der Waals surface area contributed by atoms with Gasteiger partial charge in [-0.15, -0.1) is 0 Å². The second kappa shape index (κ2) is 6.73. The van der Waals surface area contributed by atoms with Crippen molar-refractivity contribution in [3.8, 4) is 0 Å². The number of hydrogen-bond acceptors (Lipinski definition) is 3. The van der Waals surface area contributed by atoms with Gasteiger partial charge in [-0.05, 0) is 32.2 Å². The van der Waals surface area contributed by atoms with Gasteiger partial charge in [-0.2, -0.15) is 0 Å². The Balaban J connectivity index is 2.66. The van der Waals surface area contributed by atoms with Crippen LogP contribution in [0.15, 0.2) is 0 Å². The van der Waals surface area contributed by atoms with Gasteiger partial charge in [0.1, 0.15) is 6.04 Å². The summed E-state index contributed by atoms with van der Waals surface area (Å²) in [5.74, 6) is -0.899. The standard InChI is InChI=1S/C13H24N2O3/c1-4-14-10(3)8-11(16)15-7-5-6-9(2)12(15)13(17)18/h9-10,12,14H,4-8H2,1-3H3,(H,17,18). The molecule has 1 amide bonds. The Labute approximate surface area is 109 Å². The van der Waals surface area contributed by atoms with Crippen molar-refractivity contribution in [2.75, 3.05) is 13.1 Å². The van der Waals surface area contributed by atoms with E-state index in [0.29, 0.717) is 13.0 Å². The highest BCUT2D eigenvalue weighted by molar-refractivity contribution is 5.84. The van der Waals surface area contributed by atoms with E-state index in [0.717, 1.165) is 19.4 Å². The summed E-state index contributed by atoms with van der Waals surface area (Å²) in [5, 5.41) is 12.4. The number of carboxylic acid groups (broad SMARTS) is 1. The molecule has 0 aromatic rings. The second-order valence-corrected chi connectivity index (χ2v) is 5.15.